The van der Waals surface area contributed by atoms with Gasteiger partial charge in [-0.1, -0.05) is 6.92 Å². The summed E-state index contributed by atoms with van der Waals surface area (Å²) >= 11 is 0. The molecule has 0 radical (unpaired) electrons. The molecule has 0 bridgehead atoms. The van der Waals surface area contributed by atoms with Gasteiger partial charge in [-0.15, -0.1) is 0 Å². The van der Waals surface area contributed by atoms with Gasteiger partial charge in [-0.3, -0.25) is 4.79 Å². The van der Waals surface area contributed by atoms with Gasteiger partial charge in [0, 0.05) is 13.1 Å². The Morgan fingerprint density at radius 1 is 1.50 bits per heavy atom. The molecule has 0 saturated heterocycles. The molecule has 0 fully saturated rings. The molecule has 86 valence electrons. The highest BCUT2D eigenvalue weighted by Crippen LogP contribution is 2.34. The molecule has 1 atom stereocenters. The van der Waals surface area contributed by atoms with Crippen molar-refractivity contribution in [2.45, 2.75) is 6.92 Å². The molecule has 2 rings (SSSR count). The van der Waals surface area contributed by atoms with Crippen LogP contribution in [-0.4, -0.2) is 26.7 Å². The van der Waals surface area contributed by atoms with E-state index in [0.29, 0.717) is 6.61 Å². The number of fused-ring (bicyclic) bond motifs is 1. The summed E-state index contributed by atoms with van der Waals surface area (Å²) < 4.78 is 10.7. The Kier molecular flexibility index (Phi) is 2.73. The van der Waals surface area contributed by atoms with Crippen LogP contribution in [0.15, 0.2) is 18.2 Å². The predicted octanol–water partition coefficient (Wildman–Crippen LogP) is 1.69. The molecular weight excluding hydrogens is 206 g/mol. The molecule has 1 unspecified atom stereocenters. The number of nitrogens with zero attached hydrogens (tertiary/aromatic N) is 1. The number of benzene rings is 1. The quantitative estimate of drug-likeness (QED) is 0.724. The minimum absolute atomic E-state index is 0.0620. The fourth-order valence-corrected chi connectivity index (χ4v) is 1.74. The molecule has 0 N–H and O–H groups in total. The summed E-state index contributed by atoms with van der Waals surface area (Å²) in [4.78, 5) is 13.5. The summed E-state index contributed by atoms with van der Waals surface area (Å²) in [7, 11) is 3.36. The molecule has 4 heteroatoms. The van der Waals surface area contributed by atoms with Crippen molar-refractivity contribution < 1.29 is 14.3 Å². The molecule has 1 aromatic rings. The highest BCUT2D eigenvalue weighted by atomic mass is 16.5. The lowest BCUT2D eigenvalue weighted by Crippen LogP contribution is -2.31. The first-order valence-corrected chi connectivity index (χ1v) is 5.22. The lowest BCUT2D eigenvalue weighted by atomic mass is 10.1. The van der Waals surface area contributed by atoms with Crippen molar-refractivity contribution in [2.24, 2.45) is 5.92 Å². The smallest absolute Gasteiger partial charge is 0.233 e. The summed E-state index contributed by atoms with van der Waals surface area (Å²) in [5, 5.41) is 0. The van der Waals surface area contributed by atoms with Crippen LogP contribution in [0.3, 0.4) is 0 Å². The van der Waals surface area contributed by atoms with E-state index < -0.39 is 0 Å². The zero-order chi connectivity index (χ0) is 11.7. The Labute approximate surface area is 94.8 Å². The number of anilines is 1. The maximum Gasteiger partial charge on any atom is 0.233 e. The van der Waals surface area contributed by atoms with Gasteiger partial charge in [-0.25, -0.2) is 0 Å². The predicted molar refractivity (Wildman–Crippen MR) is 61.1 cm³/mol. The van der Waals surface area contributed by atoms with E-state index in [1.807, 2.05) is 25.1 Å². The second kappa shape index (κ2) is 4.04. The Balaban J connectivity index is 2.45. The summed E-state index contributed by atoms with van der Waals surface area (Å²) in [6, 6.07) is 5.47. The standard InChI is InChI=1S/C12H15NO3/c1-8-7-16-11-5-4-9(15-3)6-10(11)13(2)12(8)14/h4-6,8H,7H2,1-3H3. The SMILES string of the molecule is COc1ccc2c(c1)N(C)C(=O)C(C)CO2. The summed E-state index contributed by atoms with van der Waals surface area (Å²) in [5.74, 6) is 1.38. The topological polar surface area (TPSA) is 38.8 Å². The van der Waals surface area contributed by atoms with Gasteiger partial charge in [0.2, 0.25) is 5.91 Å². The third kappa shape index (κ3) is 1.71. The van der Waals surface area contributed by atoms with Crippen molar-refractivity contribution in [3.8, 4) is 11.5 Å². The molecule has 1 aliphatic heterocycles. The van der Waals surface area contributed by atoms with Crippen molar-refractivity contribution in [3.05, 3.63) is 18.2 Å². The lowest BCUT2D eigenvalue weighted by Gasteiger charge is -2.18. The third-order valence-corrected chi connectivity index (χ3v) is 2.77. The summed E-state index contributed by atoms with van der Waals surface area (Å²) in [6.07, 6.45) is 0. The van der Waals surface area contributed by atoms with Gasteiger partial charge < -0.3 is 14.4 Å². The van der Waals surface area contributed by atoms with Crippen LogP contribution < -0.4 is 14.4 Å². The van der Waals surface area contributed by atoms with Crippen LogP contribution in [0.1, 0.15) is 6.92 Å². The molecule has 1 amide bonds. The average molecular weight is 221 g/mol. The Hall–Kier alpha value is -1.71. The Morgan fingerprint density at radius 2 is 2.25 bits per heavy atom. The third-order valence-electron chi connectivity index (χ3n) is 2.77. The second-order valence-corrected chi connectivity index (χ2v) is 3.94. The van der Waals surface area contributed by atoms with E-state index in [0.717, 1.165) is 17.2 Å². The van der Waals surface area contributed by atoms with Crippen molar-refractivity contribution in [1.82, 2.24) is 0 Å². The van der Waals surface area contributed by atoms with Crippen LogP contribution in [0.4, 0.5) is 5.69 Å². The number of methoxy groups -OCH3 is 1. The van der Waals surface area contributed by atoms with Gasteiger partial charge in [0.1, 0.15) is 11.5 Å². The number of rotatable bonds is 1. The fourth-order valence-electron chi connectivity index (χ4n) is 1.74. The monoisotopic (exact) mass is 221 g/mol. The Bertz CT molecular complexity index is 417. The number of hydrogen-bond acceptors (Lipinski definition) is 3. The molecule has 0 spiro atoms. The average Bonchev–Trinajstić information content (AvgIpc) is 2.42. The zero-order valence-electron chi connectivity index (χ0n) is 9.69. The highest BCUT2D eigenvalue weighted by molar-refractivity contribution is 5.96. The second-order valence-electron chi connectivity index (χ2n) is 3.94. The van der Waals surface area contributed by atoms with Gasteiger partial charge in [-0.2, -0.15) is 0 Å². The molecule has 1 heterocycles. The van der Waals surface area contributed by atoms with Crippen LogP contribution in [0.25, 0.3) is 0 Å². The lowest BCUT2D eigenvalue weighted by molar-refractivity contribution is -0.122. The summed E-state index contributed by atoms with van der Waals surface area (Å²) in [5.41, 5.74) is 0.758. The number of carbonyl (C=O) groups excluding carboxylic acids is 1. The molecule has 0 aliphatic carbocycles. The highest BCUT2D eigenvalue weighted by Gasteiger charge is 2.26. The fraction of sp³-hybridized carbons (Fsp3) is 0.417. The van der Waals surface area contributed by atoms with Crippen molar-refractivity contribution in [1.29, 1.82) is 0 Å². The van der Waals surface area contributed by atoms with Crippen molar-refractivity contribution in [3.63, 3.8) is 0 Å². The van der Waals surface area contributed by atoms with Crippen LogP contribution in [-0.2, 0) is 4.79 Å². The number of ether oxygens (including phenoxy) is 2. The molecule has 16 heavy (non-hydrogen) atoms. The van der Waals surface area contributed by atoms with Crippen LogP contribution in [0, 0.1) is 5.92 Å². The largest absolute Gasteiger partial charge is 0.497 e. The zero-order valence-corrected chi connectivity index (χ0v) is 9.69. The van der Waals surface area contributed by atoms with Gasteiger partial charge in [-0.05, 0) is 12.1 Å². The van der Waals surface area contributed by atoms with E-state index in [1.165, 1.54) is 0 Å². The first-order chi connectivity index (χ1) is 7.63. The minimum atomic E-state index is -0.122. The number of amides is 1. The van der Waals surface area contributed by atoms with E-state index in [4.69, 9.17) is 9.47 Å². The van der Waals surface area contributed by atoms with Crippen LogP contribution >= 0.6 is 0 Å². The number of carbonyl (C=O) groups is 1. The normalized spacial score (nSPS) is 19.8. The minimum Gasteiger partial charge on any atom is -0.497 e. The van der Waals surface area contributed by atoms with Crippen LogP contribution in [0.2, 0.25) is 0 Å². The van der Waals surface area contributed by atoms with Crippen molar-refractivity contribution >= 4 is 11.6 Å². The van der Waals surface area contributed by atoms with E-state index in [1.54, 1.807) is 19.1 Å². The molecule has 0 aromatic heterocycles. The molecular formula is C12H15NO3. The first-order valence-electron chi connectivity index (χ1n) is 5.22. The van der Waals surface area contributed by atoms with Gasteiger partial charge in [0.15, 0.2) is 0 Å². The molecule has 1 aliphatic rings. The first kappa shape index (κ1) is 10.8. The van der Waals surface area contributed by atoms with Crippen LogP contribution in [0.5, 0.6) is 11.5 Å². The van der Waals surface area contributed by atoms with Gasteiger partial charge >= 0.3 is 0 Å². The molecule has 1 aromatic carbocycles. The van der Waals surface area contributed by atoms with E-state index in [9.17, 15) is 4.79 Å². The maximum atomic E-state index is 11.9. The Morgan fingerprint density at radius 3 is 2.94 bits per heavy atom. The van der Waals surface area contributed by atoms with E-state index in [-0.39, 0.29) is 11.8 Å². The van der Waals surface area contributed by atoms with Gasteiger partial charge in [0.05, 0.1) is 25.3 Å². The van der Waals surface area contributed by atoms with E-state index in [2.05, 4.69) is 0 Å². The molecule has 0 saturated carbocycles. The van der Waals surface area contributed by atoms with Gasteiger partial charge in [0.25, 0.3) is 0 Å². The van der Waals surface area contributed by atoms with Crippen molar-refractivity contribution in [2.75, 3.05) is 25.7 Å². The summed E-state index contributed by atoms with van der Waals surface area (Å²) in [6.45, 7) is 2.28. The molecule has 4 nitrogen and oxygen atoms in total. The maximum absolute atomic E-state index is 11.9. The number of hydrogen-bond donors (Lipinski definition) is 0. The van der Waals surface area contributed by atoms with E-state index >= 15 is 0 Å².